The molecule has 0 saturated heterocycles. The molecular formula is C8H12Br2. The van der Waals surface area contributed by atoms with Crippen molar-refractivity contribution in [2.45, 2.75) is 36.3 Å². The molecule has 0 radical (unpaired) electrons. The minimum atomic E-state index is 0.276. The fourth-order valence-electron chi connectivity index (χ4n) is 1.79. The Labute approximate surface area is 79.0 Å². The Kier molecular flexibility index (Phi) is 1.26. The van der Waals surface area contributed by atoms with E-state index in [2.05, 4.69) is 45.7 Å². The second kappa shape index (κ2) is 1.66. The number of hydrogen-bond acceptors (Lipinski definition) is 0. The molecule has 10 heavy (non-hydrogen) atoms. The van der Waals surface area contributed by atoms with Crippen LogP contribution >= 0.6 is 31.9 Å². The van der Waals surface area contributed by atoms with Gasteiger partial charge < -0.3 is 0 Å². The van der Waals surface area contributed by atoms with E-state index in [0.717, 1.165) is 0 Å². The smallest absolute Gasteiger partial charge is 0.0721 e. The highest BCUT2D eigenvalue weighted by Crippen LogP contribution is 2.79. The highest BCUT2D eigenvalue weighted by molar-refractivity contribution is 9.25. The lowest BCUT2D eigenvalue weighted by Crippen LogP contribution is -2.15. The lowest BCUT2D eigenvalue weighted by atomic mass is 9.90. The molecule has 2 aliphatic carbocycles. The summed E-state index contributed by atoms with van der Waals surface area (Å²) >= 11 is 7.40. The maximum Gasteiger partial charge on any atom is 0.0871 e. The average Bonchev–Trinajstić information content (AvgIpc) is 2.56. The molecule has 1 atom stereocenters. The number of halogens is 2. The zero-order valence-electron chi connectivity index (χ0n) is 6.38. The van der Waals surface area contributed by atoms with Gasteiger partial charge in [0, 0.05) is 5.41 Å². The standard InChI is InChI=1S/C8H12Br2/c1-6(3-4-6)7(2)5-8(7,9)10/h3-5H2,1-2H3. The first-order valence-electron chi connectivity index (χ1n) is 3.79. The molecule has 0 spiro atoms. The number of hydrogen-bond donors (Lipinski definition) is 0. The molecule has 0 heterocycles. The molecular weight excluding hydrogens is 256 g/mol. The fourth-order valence-corrected chi connectivity index (χ4v) is 3.87. The van der Waals surface area contributed by atoms with Crippen LogP contribution in [0.2, 0.25) is 0 Å². The molecule has 0 aliphatic heterocycles. The molecule has 2 rings (SSSR count). The average molecular weight is 268 g/mol. The lowest BCUT2D eigenvalue weighted by Gasteiger charge is -2.19. The van der Waals surface area contributed by atoms with Crippen LogP contribution in [0.4, 0.5) is 0 Å². The number of rotatable bonds is 1. The summed E-state index contributed by atoms with van der Waals surface area (Å²) in [5.74, 6) is 0. The molecule has 2 aliphatic rings. The molecule has 0 aromatic rings. The van der Waals surface area contributed by atoms with Gasteiger partial charge in [0.15, 0.2) is 0 Å². The highest BCUT2D eigenvalue weighted by Gasteiger charge is 2.73. The van der Waals surface area contributed by atoms with E-state index in [1.54, 1.807) is 0 Å². The van der Waals surface area contributed by atoms with Gasteiger partial charge in [-0.3, -0.25) is 0 Å². The zero-order chi connectivity index (χ0) is 7.62. The van der Waals surface area contributed by atoms with Crippen LogP contribution in [0.15, 0.2) is 0 Å². The van der Waals surface area contributed by atoms with Crippen molar-refractivity contribution in [3.8, 4) is 0 Å². The quantitative estimate of drug-likeness (QED) is 0.636. The van der Waals surface area contributed by atoms with Crippen molar-refractivity contribution in [2.24, 2.45) is 10.8 Å². The maximum atomic E-state index is 3.70. The first kappa shape index (κ1) is 7.60. The van der Waals surface area contributed by atoms with Crippen LogP contribution in [0.1, 0.15) is 33.1 Å². The first-order chi connectivity index (χ1) is 4.41. The summed E-state index contributed by atoms with van der Waals surface area (Å²) in [6, 6.07) is 0. The molecule has 0 aromatic heterocycles. The summed E-state index contributed by atoms with van der Waals surface area (Å²) in [4.78, 5) is 0. The van der Waals surface area contributed by atoms with Gasteiger partial charge in [-0.1, -0.05) is 45.7 Å². The van der Waals surface area contributed by atoms with E-state index in [1.165, 1.54) is 19.3 Å². The summed E-state index contributed by atoms with van der Waals surface area (Å²) in [5.41, 5.74) is 1.17. The molecule has 2 heteroatoms. The van der Waals surface area contributed by atoms with Crippen LogP contribution in [0.25, 0.3) is 0 Å². The van der Waals surface area contributed by atoms with E-state index in [9.17, 15) is 0 Å². The van der Waals surface area contributed by atoms with Crippen LogP contribution in [-0.4, -0.2) is 3.23 Å². The molecule has 0 nitrogen and oxygen atoms in total. The largest absolute Gasteiger partial charge is 0.0871 e. The van der Waals surface area contributed by atoms with Crippen LogP contribution < -0.4 is 0 Å². The Morgan fingerprint density at radius 3 is 1.60 bits per heavy atom. The van der Waals surface area contributed by atoms with E-state index >= 15 is 0 Å². The third-order valence-corrected chi connectivity index (χ3v) is 5.90. The van der Waals surface area contributed by atoms with Gasteiger partial charge in [-0.2, -0.15) is 0 Å². The van der Waals surface area contributed by atoms with Gasteiger partial charge in [0.05, 0.1) is 3.23 Å². The predicted octanol–water partition coefficient (Wildman–Crippen LogP) is 3.68. The summed E-state index contributed by atoms with van der Waals surface area (Å²) < 4.78 is 0.276. The van der Waals surface area contributed by atoms with E-state index in [0.29, 0.717) is 10.8 Å². The molecule has 1 unspecified atom stereocenters. The SMILES string of the molecule is CC1(C2(C)CC2(Br)Br)CC1. The Morgan fingerprint density at radius 1 is 1.10 bits per heavy atom. The van der Waals surface area contributed by atoms with Crippen molar-refractivity contribution in [3.63, 3.8) is 0 Å². The minimum absolute atomic E-state index is 0.276. The lowest BCUT2D eigenvalue weighted by molar-refractivity contribution is 0.340. The molecule has 2 saturated carbocycles. The van der Waals surface area contributed by atoms with Crippen molar-refractivity contribution in [3.05, 3.63) is 0 Å². The van der Waals surface area contributed by atoms with Crippen molar-refractivity contribution >= 4 is 31.9 Å². The van der Waals surface area contributed by atoms with E-state index in [4.69, 9.17) is 0 Å². The third-order valence-electron chi connectivity index (χ3n) is 3.59. The Hall–Kier alpha value is 0.960. The van der Waals surface area contributed by atoms with Gasteiger partial charge in [0.1, 0.15) is 0 Å². The fraction of sp³-hybridized carbons (Fsp3) is 1.00. The van der Waals surface area contributed by atoms with Crippen molar-refractivity contribution in [1.29, 1.82) is 0 Å². The summed E-state index contributed by atoms with van der Waals surface area (Å²) in [7, 11) is 0. The van der Waals surface area contributed by atoms with Crippen LogP contribution in [0, 0.1) is 10.8 Å². The maximum absolute atomic E-state index is 3.70. The van der Waals surface area contributed by atoms with E-state index < -0.39 is 0 Å². The summed E-state index contributed by atoms with van der Waals surface area (Å²) in [5, 5.41) is 0. The molecule has 0 N–H and O–H groups in total. The van der Waals surface area contributed by atoms with Crippen LogP contribution in [0.5, 0.6) is 0 Å². The second-order valence-electron chi connectivity index (χ2n) is 4.27. The number of alkyl halides is 2. The van der Waals surface area contributed by atoms with Crippen molar-refractivity contribution in [2.75, 3.05) is 0 Å². The van der Waals surface area contributed by atoms with Gasteiger partial charge in [-0.15, -0.1) is 0 Å². The summed E-state index contributed by atoms with van der Waals surface area (Å²) in [6.45, 7) is 4.78. The first-order valence-corrected chi connectivity index (χ1v) is 5.38. The molecule has 0 amide bonds. The van der Waals surface area contributed by atoms with Gasteiger partial charge >= 0.3 is 0 Å². The van der Waals surface area contributed by atoms with Crippen LogP contribution in [0.3, 0.4) is 0 Å². The predicted molar refractivity (Wildman–Crippen MR) is 50.7 cm³/mol. The monoisotopic (exact) mass is 266 g/mol. The van der Waals surface area contributed by atoms with E-state index in [1.807, 2.05) is 0 Å². The Bertz CT molecular complexity index is 182. The summed E-state index contributed by atoms with van der Waals surface area (Å²) in [6.07, 6.45) is 4.13. The third kappa shape index (κ3) is 0.726. The highest BCUT2D eigenvalue weighted by atomic mass is 79.9. The van der Waals surface area contributed by atoms with Gasteiger partial charge in [0.25, 0.3) is 0 Å². The normalized spacial score (nSPS) is 46.8. The molecule has 2 fully saturated rings. The van der Waals surface area contributed by atoms with Gasteiger partial charge in [-0.05, 0) is 24.7 Å². The van der Waals surface area contributed by atoms with Crippen molar-refractivity contribution < 1.29 is 0 Å². The van der Waals surface area contributed by atoms with Crippen molar-refractivity contribution in [1.82, 2.24) is 0 Å². The molecule has 0 aromatic carbocycles. The Morgan fingerprint density at radius 2 is 1.50 bits per heavy atom. The van der Waals surface area contributed by atoms with E-state index in [-0.39, 0.29) is 3.23 Å². The zero-order valence-corrected chi connectivity index (χ0v) is 9.55. The topological polar surface area (TPSA) is 0 Å². The minimum Gasteiger partial charge on any atom is -0.0721 e. The van der Waals surface area contributed by atoms with Gasteiger partial charge in [0.2, 0.25) is 0 Å². The molecule has 58 valence electrons. The second-order valence-corrected chi connectivity index (χ2v) is 8.05. The van der Waals surface area contributed by atoms with Crippen LogP contribution in [-0.2, 0) is 0 Å². The van der Waals surface area contributed by atoms with Gasteiger partial charge in [-0.25, -0.2) is 0 Å². The molecule has 0 bridgehead atoms. The Balaban J connectivity index is 2.20.